The Morgan fingerprint density at radius 2 is 1.86 bits per heavy atom. The largest absolute Gasteiger partial charge is 0.493 e. The third-order valence-corrected chi connectivity index (χ3v) is 8.71. The van der Waals surface area contributed by atoms with Crippen LogP contribution in [0.3, 0.4) is 0 Å². The van der Waals surface area contributed by atoms with Crippen molar-refractivity contribution >= 4 is 16.8 Å². The van der Waals surface area contributed by atoms with E-state index in [4.69, 9.17) is 4.74 Å². The van der Waals surface area contributed by atoms with Crippen molar-refractivity contribution in [3.8, 4) is 5.75 Å². The molecule has 3 heterocycles. The van der Waals surface area contributed by atoms with Crippen molar-refractivity contribution < 1.29 is 9.53 Å². The van der Waals surface area contributed by atoms with Crippen LogP contribution in [0.25, 0.3) is 10.9 Å². The third kappa shape index (κ3) is 5.12. The minimum Gasteiger partial charge on any atom is -0.493 e. The molecule has 1 amide bonds. The Morgan fingerprint density at radius 1 is 1.00 bits per heavy atom. The zero-order valence-corrected chi connectivity index (χ0v) is 21.1. The van der Waals surface area contributed by atoms with Gasteiger partial charge in [0, 0.05) is 35.2 Å². The van der Waals surface area contributed by atoms with Gasteiger partial charge in [0.2, 0.25) is 0 Å². The fourth-order valence-electron chi connectivity index (χ4n) is 6.54. The van der Waals surface area contributed by atoms with Crippen LogP contribution in [-0.4, -0.2) is 48.1 Å². The zero-order valence-electron chi connectivity index (χ0n) is 21.1. The van der Waals surface area contributed by atoms with E-state index in [0.29, 0.717) is 12.0 Å². The molecule has 1 saturated heterocycles. The summed E-state index contributed by atoms with van der Waals surface area (Å²) in [4.78, 5) is 19.8. The van der Waals surface area contributed by atoms with Gasteiger partial charge in [0.15, 0.2) is 0 Å². The Hall–Kier alpha value is -2.92. The van der Waals surface area contributed by atoms with Crippen LogP contribution in [0.5, 0.6) is 5.75 Å². The summed E-state index contributed by atoms with van der Waals surface area (Å²) in [5, 5.41) is 4.30. The molecule has 0 spiro atoms. The number of carbonyl (C=O) groups is 1. The van der Waals surface area contributed by atoms with Crippen molar-refractivity contribution in [2.45, 2.75) is 63.3 Å². The predicted octanol–water partition coefficient (Wildman–Crippen LogP) is 5.73. The number of hydrogen-bond acceptors (Lipinski definition) is 4. The molecule has 2 fully saturated rings. The topological polar surface area (TPSA) is 54.5 Å². The van der Waals surface area contributed by atoms with Gasteiger partial charge in [0.05, 0.1) is 12.1 Å². The van der Waals surface area contributed by atoms with Gasteiger partial charge in [-0.2, -0.15) is 0 Å². The Morgan fingerprint density at radius 3 is 2.72 bits per heavy atom. The number of piperidine rings is 1. The molecule has 1 saturated carbocycles. The maximum atomic E-state index is 12.8. The first kappa shape index (κ1) is 23.5. The Balaban J connectivity index is 0.928. The number of nitrogens with zero attached hydrogens (tertiary/aromatic N) is 2. The standard InChI is InChI=1S/C31H37N3O2/c35-31(25-8-11-29-24(21-25)3-2-16-32-29)33-26-9-6-22(7-10-26)12-17-34-18-13-23(14-19-34)27-4-1-5-30-28(27)15-20-36-30/h1-5,8,11,16,21-23,26H,6-7,9-10,12-15,17-20H2,(H,33,35)/t22-,26-. The van der Waals surface area contributed by atoms with Crippen LogP contribution in [0.2, 0.25) is 0 Å². The molecule has 1 aromatic heterocycles. The van der Waals surface area contributed by atoms with Gasteiger partial charge in [-0.25, -0.2) is 0 Å². The molecule has 0 bridgehead atoms. The normalized spacial score (nSPS) is 22.8. The van der Waals surface area contributed by atoms with E-state index in [1.54, 1.807) is 11.8 Å². The Labute approximate surface area is 214 Å². The van der Waals surface area contributed by atoms with E-state index >= 15 is 0 Å². The van der Waals surface area contributed by atoms with Crippen molar-refractivity contribution in [3.05, 3.63) is 71.4 Å². The van der Waals surface area contributed by atoms with Crippen LogP contribution >= 0.6 is 0 Å². The summed E-state index contributed by atoms with van der Waals surface area (Å²) in [5.41, 5.74) is 4.67. The van der Waals surface area contributed by atoms with E-state index in [2.05, 4.69) is 33.4 Å². The monoisotopic (exact) mass is 483 g/mol. The number of rotatable bonds is 6. The highest BCUT2D eigenvalue weighted by Crippen LogP contribution is 2.37. The van der Waals surface area contributed by atoms with Crippen LogP contribution < -0.4 is 10.1 Å². The van der Waals surface area contributed by atoms with Crippen molar-refractivity contribution in [1.82, 2.24) is 15.2 Å². The molecule has 1 N–H and O–H groups in total. The van der Waals surface area contributed by atoms with Crippen molar-refractivity contribution in [2.24, 2.45) is 5.92 Å². The molecule has 36 heavy (non-hydrogen) atoms. The van der Waals surface area contributed by atoms with E-state index in [0.717, 1.165) is 54.0 Å². The van der Waals surface area contributed by atoms with Gasteiger partial charge in [-0.05, 0) is 112 Å². The molecule has 6 rings (SSSR count). The molecule has 5 nitrogen and oxygen atoms in total. The zero-order chi connectivity index (χ0) is 24.3. The number of fused-ring (bicyclic) bond motifs is 2. The first-order valence-corrected chi connectivity index (χ1v) is 13.9. The van der Waals surface area contributed by atoms with E-state index in [1.807, 2.05) is 30.3 Å². The molecule has 0 radical (unpaired) electrons. The molecular weight excluding hydrogens is 446 g/mol. The minimum absolute atomic E-state index is 0.0442. The number of aromatic nitrogens is 1. The maximum Gasteiger partial charge on any atom is 0.251 e. The lowest BCUT2D eigenvalue weighted by Gasteiger charge is -2.35. The number of amides is 1. The van der Waals surface area contributed by atoms with Crippen molar-refractivity contribution in [3.63, 3.8) is 0 Å². The lowest BCUT2D eigenvalue weighted by Crippen LogP contribution is -2.38. The van der Waals surface area contributed by atoms with E-state index < -0.39 is 0 Å². The SMILES string of the molecule is O=C(N[C@H]1CC[C@H](CCN2CCC(c3cccc4c3CCO4)CC2)CC1)c1ccc2ncccc2c1. The van der Waals surface area contributed by atoms with E-state index in [-0.39, 0.29) is 5.91 Å². The van der Waals surface area contributed by atoms with Crippen LogP contribution in [0.4, 0.5) is 0 Å². The number of likely N-dealkylation sites (tertiary alicyclic amines) is 1. The summed E-state index contributed by atoms with van der Waals surface area (Å²) < 4.78 is 5.79. The maximum absolute atomic E-state index is 12.8. The highest BCUT2D eigenvalue weighted by Gasteiger charge is 2.27. The number of ether oxygens (including phenoxy) is 1. The van der Waals surface area contributed by atoms with Crippen molar-refractivity contribution in [1.29, 1.82) is 0 Å². The number of benzene rings is 2. The second kappa shape index (κ2) is 10.6. The van der Waals surface area contributed by atoms with Gasteiger partial charge in [-0.3, -0.25) is 9.78 Å². The van der Waals surface area contributed by atoms with Gasteiger partial charge in [0.25, 0.3) is 5.91 Å². The average Bonchev–Trinajstić information content (AvgIpc) is 3.42. The van der Waals surface area contributed by atoms with Gasteiger partial charge in [0.1, 0.15) is 5.75 Å². The first-order chi connectivity index (χ1) is 17.7. The number of pyridine rings is 1. The summed E-state index contributed by atoms with van der Waals surface area (Å²) in [6.45, 7) is 4.48. The quantitative estimate of drug-likeness (QED) is 0.487. The van der Waals surface area contributed by atoms with Crippen LogP contribution in [-0.2, 0) is 6.42 Å². The number of hydrogen-bond donors (Lipinski definition) is 1. The summed E-state index contributed by atoms with van der Waals surface area (Å²) >= 11 is 0. The second-order valence-electron chi connectivity index (χ2n) is 10.9. The Kier molecular flexibility index (Phi) is 6.91. The van der Waals surface area contributed by atoms with Crippen LogP contribution in [0, 0.1) is 5.92 Å². The van der Waals surface area contributed by atoms with Gasteiger partial charge >= 0.3 is 0 Å². The van der Waals surface area contributed by atoms with Crippen molar-refractivity contribution in [2.75, 3.05) is 26.2 Å². The molecule has 2 aliphatic heterocycles. The molecule has 3 aliphatic rings. The summed E-state index contributed by atoms with van der Waals surface area (Å²) in [7, 11) is 0. The van der Waals surface area contributed by atoms with E-state index in [9.17, 15) is 4.79 Å². The van der Waals surface area contributed by atoms with E-state index in [1.165, 1.54) is 57.3 Å². The second-order valence-corrected chi connectivity index (χ2v) is 10.9. The number of carbonyl (C=O) groups excluding carboxylic acids is 1. The molecule has 3 aromatic rings. The first-order valence-electron chi connectivity index (χ1n) is 13.9. The predicted molar refractivity (Wildman–Crippen MR) is 144 cm³/mol. The summed E-state index contributed by atoms with van der Waals surface area (Å²) in [5.74, 6) is 2.65. The average molecular weight is 484 g/mol. The van der Waals surface area contributed by atoms with Crippen LogP contribution in [0.15, 0.2) is 54.7 Å². The van der Waals surface area contributed by atoms with Gasteiger partial charge in [-0.15, -0.1) is 0 Å². The lowest BCUT2D eigenvalue weighted by molar-refractivity contribution is 0.0919. The highest BCUT2D eigenvalue weighted by molar-refractivity contribution is 5.98. The molecule has 188 valence electrons. The molecule has 2 aromatic carbocycles. The molecule has 0 unspecified atom stereocenters. The van der Waals surface area contributed by atoms with Crippen LogP contribution in [0.1, 0.15) is 72.3 Å². The lowest BCUT2D eigenvalue weighted by atomic mass is 9.83. The smallest absolute Gasteiger partial charge is 0.251 e. The molecule has 0 atom stereocenters. The highest BCUT2D eigenvalue weighted by atomic mass is 16.5. The Bertz CT molecular complexity index is 1210. The molecule has 1 aliphatic carbocycles. The van der Waals surface area contributed by atoms with Gasteiger partial charge < -0.3 is 15.0 Å². The molecule has 5 heteroatoms. The minimum atomic E-state index is 0.0442. The number of nitrogens with one attached hydrogen (secondary N) is 1. The fraction of sp³-hybridized carbons (Fsp3) is 0.484. The third-order valence-electron chi connectivity index (χ3n) is 8.71. The van der Waals surface area contributed by atoms with Gasteiger partial charge in [-0.1, -0.05) is 18.2 Å². The summed E-state index contributed by atoms with van der Waals surface area (Å²) in [6.07, 6.45) is 11.3. The summed E-state index contributed by atoms with van der Waals surface area (Å²) in [6, 6.07) is 16.6. The molecular formula is C31H37N3O2. The fourth-order valence-corrected chi connectivity index (χ4v) is 6.54.